The molecule has 0 fully saturated rings. The summed E-state index contributed by atoms with van der Waals surface area (Å²) in [5.41, 5.74) is 4.74. The van der Waals surface area contributed by atoms with Crippen molar-refractivity contribution in [1.82, 2.24) is 4.98 Å². The van der Waals surface area contributed by atoms with E-state index in [1.54, 1.807) is 0 Å². The molecule has 1 aromatic heterocycles. The minimum atomic E-state index is 0.876. The van der Waals surface area contributed by atoms with Crippen molar-refractivity contribution in [3.8, 4) is 11.3 Å². The van der Waals surface area contributed by atoms with Crippen LogP contribution in [0.25, 0.3) is 11.3 Å². The van der Waals surface area contributed by atoms with Gasteiger partial charge in [-0.25, -0.2) is 4.98 Å². The van der Waals surface area contributed by atoms with E-state index in [9.17, 15) is 0 Å². The van der Waals surface area contributed by atoms with Crippen molar-refractivity contribution in [3.63, 3.8) is 0 Å². The van der Waals surface area contributed by atoms with E-state index in [0.717, 1.165) is 10.3 Å². The lowest BCUT2D eigenvalue weighted by molar-refractivity contribution is 1.26. The lowest BCUT2D eigenvalue weighted by Gasteiger charge is -2.06. The summed E-state index contributed by atoms with van der Waals surface area (Å²) in [5.74, 6) is 0. The fourth-order valence-corrected chi connectivity index (χ4v) is 1.91. The van der Waals surface area contributed by atoms with Crippen LogP contribution in [0.5, 0.6) is 0 Å². The highest BCUT2D eigenvalue weighted by atomic mass is 79.9. The molecule has 0 saturated heterocycles. The lowest BCUT2D eigenvalue weighted by atomic mass is 10.0. The molecule has 2 heteroatoms. The molecule has 1 nitrogen and oxygen atoms in total. The van der Waals surface area contributed by atoms with E-state index in [1.165, 1.54) is 16.7 Å². The van der Waals surface area contributed by atoms with Gasteiger partial charge in [0, 0.05) is 5.56 Å². The van der Waals surface area contributed by atoms with Crippen LogP contribution < -0.4 is 0 Å². The van der Waals surface area contributed by atoms with E-state index < -0.39 is 0 Å². The molecule has 0 aliphatic heterocycles. The van der Waals surface area contributed by atoms with Crippen LogP contribution in [-0.4, -0.2) is 4.98 Å². The van der Waals surface area contributed by atoms with Crippen LogP contribution in [0.4, 0.5) is 0 Å². The number of hydrogen-bond donors (Lipinski definition) is 0. The summed E-state index contributed by atoms with van der Waals surface area (Å²) in [6.45, 7) is 4.21. The summed E-state index contributed by atoms with van der Waals surface area (Å²) < 4.78 is 0.876. The van der Waals surface area contributed by atoms with Gasteiger partial charge in [0.15, 0.2) is 0 Å². The number of aryl methyl sites for hydroxylation is 2. The maximum absolute atomic E-state index is 4.46. The van der Waals surface area contributed by atoms with Gasteiger partial charge in [0.25, 0.3) is 0 Å². The lowest BCUT2D eigenvalue weighted by Crippen LogP contribution is -1.88. The SMILES string of the molecule is Cc1ccc(C)c(-c2cccc(Br)n2)c1. The fraction of sp³-hybridized carbons (Fsp3) is 0.154. The highest BCUT2D eigenvalue weighted by molar-refractivity contribution is 9.10. The van der Waals surface area contributed by atoms with E-state index in [2.05, 4.69) is 53.0 Å². The molecule has 2 rings (SSSR count). The Labute approximate surface area is 98.3 Å². The molecule has 0 saturated carbocycles. The van der Waals surface area contributed by atoms with Crippen molar-refractivity contribution in [1.29, 1.82) is 0 Å². The van der Waals surface area contributed by atoms with Gasteiger partial charge in [-0.1, -0.05) is 23.8 Å². The molecule has 15 heavy (non-hydrogen) atoms. The van der Waals surface area contributed by atoms with Crippen LogP contribution in [0, 0.1) is 13.8 Å². The summed E-state index contributed by atoms with van der Waals surface area (Å²) in [5, 5.41) is 0. The van der Waals surface area contributed by atoms with Crippen molar-refractivity contribution in [2.45, 2.75) is 13.8 Å². The molecule has 0 unspecified atom stereocenters. The van der Waals surface area contributed by atoms with Gasteiger partial charge in [-0.05, 0) is 53.5 Å². The second-order valence-electron chi connectivity index (χ2n) is 3.66. The molecule has 0 atom stereocenters. The van der Waals surface area contributed by atoms with Crippen molar-refractivity contribution in [2.24, 2.45) is 0 Å². The Kier molecular flexibility index (Phi) is 2.87. The molecule has 0 spiro atoms. The monoisotopic (exact) mass is 261 g/mol. The van der Waals surface area contributed by atoms with Crippen molar-refractivity contribution in [3.05, 3.63) is 52.1 Å². The third-order valence-electron chi connectivity index (χ3n) is 2.38. The van der Waals surface area contributed by atoms with Crippen LogP contribution >= 0.6 is 15.9 Å². The number of rotatable bonds is 1. The Morgan fingerprint density at radius 2 is 1.87 bits per heavy atom. The van der Waals surface area contributed by atoms with E-state index in [1.807, 2.05) is 18.2 Å². The molecular weight excluding hydrogens is 250 g/mol. The number of halogens is 1. The Bertz CT molecular complexity index is 492. The van der Waals surface area contributed by atoms with Crippen molar-refractivity contribution in [2.75, 3.05) is 0 Å². The standard InChI is InChI=1S/C13H12BrN/c1-9-6-7-10(2)11(8-9)12-4-3-5-13(14)15-12/h3-8H,1-2H3. The first-order valence-corrected chi connectivity index (χ1v) is 5.66. The number of aromatic nitrogens is 1. The first kappa shape index (κ1) is 10.4. The van der Waals surface area contributed by atoms with Crippen LogP contribution in [-0.2, 0) is 0 Å². The molecule has 76 valence electrons. The molecule has 0 bridgehead atoms. The predicted molar refractivity (Wildman–Crippen MR) is 66.8 cm³/mol. The number of nitrogens with zero attached hydrogens (tertiary/aromatic N) is 1. The summed E-state index contributed by atoms with van der Waals surface area (Å²) >= 11 is 3.39. The van der Waals surface area contributed by atoms with Crippen molar-refractivity contribution < 1.29 is 0 Å². The van der Waals surface area contributed by atoms with E-state index >= 15 is 0 Å². The molecule has 1 aromatic carbocycles. The minimum Gasteiger partial charge on any atom is -0.241 e. The summed E-state index contributed by atoms with van der Waals surface area (Å²) in [7, 11) is 0. The maximum atomic E-state index is 4.46. The quantitative estimate of drug-likeness (QED) is 0.704. The van der Waals surface area contributed by atoms with Crippen LogP contribution in [0.1, 0.15) is 11.1 Å². The van der Waals surface area contributed by atoms with Gasteiger partial charge < -0.3 is 0 Å². The molecule has 0 amide bonds. The first-order valence-electron chi connectivity index (χ1n) is 4.87. The van der Waals surface area contributed by atoms with Gasteiger partial charge in [0.05, 0.1) is 5.69 Å². The van der Waals surface area contributed by atoms with Gasteiger partial charge in [0.1, 0.15) is 4.60 Å². The Hall–Kier alpha value is -1.15. The average molecular weight is 262 g/mol. The second-order valence-corrected chi connectivity index (χ2v) is 4.48. The zero-order chi connectivity index (χ0) is 10.8. The minimum absolute atomic E-state index is 0.876. The summed E-state index contributed by atoms with van der Waals surface area (Å²) in [4.78, 5) is 4.46. The molecule has 0 aliphatic rings. The zero-order valence-electron chi connectivity index (χ0n) is 8.79. The van der Waals surface area contributed by atoms with Gasteiger partial charge >= 0.3 is 0 Å². The molecule has 2 aromatic rings. The Morgan fingerprint density at radius 3 is 2.60 bits per heavy atom. The normalized spacial score (nSPS) is 10.3. The predicted octanol–water partition coefficient (Wildman–Crippen LogP) is 4.13. The molecule has 0 aliphatic carbocycles. The molecule has 0 radical (unpaired) electrons. The Morgan fingerprint density at radius 1 is 1.07 bits per heavy atom. The molecular formula is C13H12BrN. The third kappa shape index (κ3) is 2.26. The van der Waals surface area contributed by atoms with Gasteiger partial charge in [-0.15, -0.1) is 0 Å². The van der Waals surface area contributed by atoms with E-state index in [0.29, 0.717) is 0 Å². The first-order chi connectivity index (χ1) is 7.16. The topological polar surface area (TPSA) is 12.9 Å². The van der Waals surface area contributed by atoms with Crippen LogP contribution in [0.15, 0.2) is 41.0 Å². The fourth-order valence-electron chi connectivity index (χ4n) is 1.57. The van der Waals surface area contributed by atoms with Gasteiger partial charge in [-0.3, -0.25) is 0 Å². The number of hydrogen-bond acceptors (Lipinski definition) is 1. The maximum Gasteiger partial charge on any atom is 0.106 e. The highest BCUT2D eigenvalue weighted by Gasteiger charge is 2.03. The highest BCUT2D eigenvalue weighted by Crippen LogP contribution is 2.23. The smallest absolute Gasteiger partial charge is 0.106 e. The molecule has 0 N–H and O–H groups in total. The number of pyridine rings is 1. The second kappa shape index (κ2) is 4.15. The third-order valence-corrected chi connectivity index (χ3v) is 2.83. The zero-order valence-corrected chi connectivity index (χ0v) is 10.4. The summed E-state index contributed by atoms with van der Waals surface area (Å²) in [6, 6.07) is 12.4. The van der Waals surface area contributed by atoms with E-state index in [-0.39, 0.29) is 0 Å². The van der Waals surface area contributed by atoms with E-state index in [4.69, 9.17) is 0 Å². The average Bonchev–Trinajstić information content (AvgIpc) is 2.22. The van der Waals surface area contributed by atoms with Gasteiger partial charge in [-0.2, -0.15) is 0 Å². The largest absolute Gasteiger partial charge is 0.241 e. The van der Waals surface area contributed by atoms with Crippen LogP contribution in [0.3, 0.4) is 0 Å². The number of benzene rings is 1. The van der Waals surface area contributed by atoms with Crippen LogP contribution in [0.2, 0.25) is 0 Å². The van der Waals surface area contributed by atoms with Crippen molar-refractivity contribution >= 4 is 15.9 Å². The Balaban J connectivity index is 2.58. The van der Waals surface area contributed by atoms with Gasteiger partial charge in [0.2, 0.25) is 0 Å². The molecule has 1 heterocycles. The summed E-state index contributed by atoms with van der Waals surface area (Å²) in [6.07, 6.45) is 0.